The molecule has 2 amide bonds. The van der Waals surface area contributed by atoms with E-state index >= 15 is 0 Å². The Morgan fingerprint density at radius 2 is 1.59 bits per heavy atom. The van der Waals surface area contributed by atoms with Crippen LogP contribution >= 0.6 is 23.2 Å². The van der Waals surface area contributed by atoms with E-state index in [1.165, 1.54) is 24.1 Å². The molecule has 0 aliphatic rings. The number of nitrogens with one attached hydrogen (secondary N) is 1. The SMILES string of the molecule is CCCNC(=O)C(Cc1ccccc1)N(Cc1ccc(Cl)cc1Cl)C(=O)CN(c1ccccc1OC)S(=O)(=O)c1ccc(C)cc1. The maximum absolute atomic E-state index is 14.6. The molecule has 0 aliphatic carbocycles. The summed E-state index contributed by atoms with van der Waals surface area (Å²) in [4.78, 5) is 29.8. The minimum Gasteiger partial charge on any atom is -0.495 e. The number of nitrogens with zero attached hydrogens (tertiary/aromatic N) is 2. The van der Waals surface area contributed by atoms with Crippen molar-refractivity contribution >= 4 is 50.7 Å². The van der Waals surface area contributed by atoms with E-state index < -0.39 is 28.5 Å². The van der Waals surface area contributed by atoms with E-state index in [1.807, 2.05) is 44.2 Å². The number of para-hydroxylation sites is 2. The highest BCUT2D eigenvalue weighted by Crippen LogP contribution is 2.33. The van der Waals surface area contributed by atoms with Gasteiger partial charge in [0.15, 0.2) is 0 Å². The van der Waals surface area contributed by atoms with E-state index in [1.54, 1.807) is 54.6 Å². The van der Waals surface area contributed by atoms with Crippen molar-refractivity contribution in [3.8, 4) is 5.75 Å². The standard InChI is InChI=1S/C35H37Cl2N3O5S/c1-4-20-38-35(42)32(21-26-10-6-5-7-11-26)39(23-27-16-17-28(36)22-30(27)37)34(41)24-40(31-12-8-9-13-33(31)45-3)46(43,44)29-18-14-25(2)15-19-29/h5-19,22,32H,4,20-21,23-24H2,1-3H3,(H,38,42). The molecule has 11 heteroatoms. The molecule has 0 spiro atoms. The van der Waals surface area contributed by atoms with Crippen molar-refractivity contribution in [3.05, 3.63) is 124 Å². The van der Waals surface area contributed by atoms with E-state index in [9.17, 15) is 18.0 Å². The van der Waals surface area contributed by atoms with Crippen LogP contribution in [0.1, 0.15) is 30.0 Å². The summed E-state index contributed by atoms with van der Waals surface area (Å²) in [5.41, 5.74) is 2.43. The fourth-order valence-electron chi connectivity index (χ4n) is 4.94. The summed E-state index contributed by atoms with van der Waals surface area (Å²) in [7, 11) is -2.85. The van der Waals surface area contributed by atoms with Gasteiger partial charge in [0, 0.05) is 29.6 Å². The molecule has 0 bridgehead atoms. The predicted octanol–water partition coefficient (Wildman–Crippen LogP) is 6.67. The van der Waals surface area contributed by atoms with Gasteiger partial charge in [0.2, 0.25) is 11.8 Å². The van der Waals surface area contributed by atoms with Crippen LogP contribution in [0.2, 0.25) is 10.0 Å². The molecule has 1 atom stereocenters. The largest absolute Gasteiger partial charge is 0.495 e. The summed E-state index contributed by atoms with van der Waals surface area (Å²) in [6.07, 6.45) is 0.879. The Morgan fingerprint density at radius 1 is 0.913 bits per heavy atom. The van der Waals surface area contributed by atoms with Crippen LogP contribution in [0.25, 0.3) is 0 Å². The highest BCUT2D eigenvalue weighted by atomic mass is 35.5. The number of carbonyl (C=O) groups excluding carboxylic acids is 2. The molecule has 0 radical (unpaired) electrons. The Hall–Kier alpha value is -4.05. The Morgan fingerprint density at radius 3 is 2.24 bits per heavy atom. The zero-order valence-corrected chi connectivity index (χ0v) is 28.3. The molecule has 0 fully saturated rings. The van der Waals surface area contributed by atoms with Crippen LogP contribution in [0.5, 0.6) is 5.75 Å². The van der Waals surface area contributed by atoms with Crippen LogP contribution in [0.4, 0.5) is 5.69 Å². The number of rotatable bonds is 14. The number of hydrogen-bond donors (Lipinski definition) is 1. The Kier molecular flexibility index (Phi) is 12.1. The van der Waals surface area contributed by atoms with E-state index in [0.29, 0.717) is 28.6 Å². The van der Waals surface area contributed by atoms with Crippen LogP contribution in [-0.4, -0.2) is 51.4 Å². The average molecular weight is 683 g/mol. The van der Waals surface area contributed by atoms with Gasteiger partial charge in [-0.05, 0) is 60.9 Å². The maximum Gasteiger partial charge on any atom is 0.264 e. The smallest absolute Gasteiger partial charge is 0.264 e. The Balaban J connectivity index is 1.84. The third-order valence-electron chi connectivity index (χ3n) is 7.42. The van der Waals surface area contributed by atoms with Crippen molar-refractivity contribution in [1.82, 2.24) is 10.2 Å². The van der Waals surface area contributed by atoms with Crippen molar-refractivity contribution in [2.75, 3.05) is 24.5 Å². The Bertz CT molecular complexity index is 1750. The minimum atomic E-state index is -4.28. The zero-order chi connectivity index (χ0) is 33.3. The zero-order valence-electron chi connectivity index (χ0n) is 26.0. The van der Waals surface area contributed by atoms with Crippen molar-refractivity contribution in [2.24, 2.45) is 0 Å². The number of sulfonamides is 1. The molecule has 242 valence electrons. The van der Waals surface area contributed by atoms with Crippen LogP contribution in [0.15, 0.2) is 102 Å². The molecule has 4 rings (SSSR count). The summed E-state index contributed by atoms with van der Waals surface area (Å²) in [5, 5.41) is 3.65. The van der Waals surface area contributed by atoms with Crippen molar-refractivity contribution in [1.29, 1.82) is 0 Å². The molecule has 4 aromatic carbocycles. The number of anilines is 1. The first-order valence-corrected chi connectivity index (χ1v) is 17.0. The number of halogens is 2. The monoisotopic (exact) mass is 681 g/mol. The highest BCUT2D eigenvalue weighted by Gasteiger charge is 2.35. The minimum absolute atomic E-state index is 0.00521. The first-order valence-electron chi connectivity index (χ1n) is 14.8. The molecular formula is C35H37Cl2N3O5S. The fourth-order valence-corrected chi connectivity index (χ4v) is 6.83. The number of benzene rings is 4. The number of amides is 2. The third-order valence-corrected chi connectivity index (χ3v) is 9.78. The molecule has 8 nitrogen and oxygen atoms in total. The van der Waals surface area contributed by atoms with Crippen molar-refractivity contribution in [3.63, 3.8) is 0 Å². The van der Waals surface area contributed by atoms with Crippen molar-refractivity contribution in [2.45, 2.75) is 44.2 Å². The van der Waals surface area contributed by atoms with Crippen LogP contribution in [0, 0.1) is 6.92 Å². The first-order chi connectivity index (χ1) is 22.0. The van der Waals surface area contributed by atoms with E-state index in [2.05, 4.69) is 5.32 Å². The topological polar surface area (TPSA) is 96.0 Å². The average Bonchev–Trinajstić information content (AvgIpc) is 3.05. The number of aryl methyl sites for hydroxylation is 1. The summed E-state index contributed by atoms with van der Waals surface area (Å²) in [6, 6.07) is 26.2. The van der Waals surface area contributed by atoms with Gasteiger partial charge in [-0.25, -0.2) is 8.42 Å². The number of methoxy groups -OCH3 is 1. The lowest BCUT2D eigenvalue weighted by Gasteiger charge is -2.34. The number of carbonyl (C=O) groups is 2. The third kappa shape index (κ3) is 8.60. The van der Waals surface area contributed by atoms with Crippen LogP contribution in [0.3, 0.4) is 0 Å². The molecule has 4 aromatic rings. The molecule has 46 heavy (non-hydrogen) atoms. The predicted molar refractivity (Wildman–Crippen MR) is 183 cm³/mol. The number of hydrogen-bond acceptors (Lipinski definition) is 5. The molecule has 0 heterocycles. The highest BCUT2D eigenvalue weighted by molar-refractivity contribution is 7.92. The summed E-state index contributed by atoms with van der Waals surface area (Å²) < 4.78 is 35.0. The summed E-state index contributed by atoms with van der Waals surface area (Å²) in [6.45, 7) is 3.51. The van der Waals surface area contributed by atoms with Crippen LogP contribution < -0.4 is 14.4 Å². The molecule has 0 saturated carbocycles. The van der Waals surface area contributed by atoms with Gasteiger partial charge in [-0.1, -0.05) is 96.4 Å². The number of ether oxygens (including phenoxy) is 1. The van der Waals surface area contributed by atoms with Gasteiger partial charge >= 0.3 is 0 Å². The van der Waals surface area contributed by atoms with Gasteiger partial charge in [-0.2, -0.15) is 0 Å². The normalized spacial score (nSPS) is 11.8. The molecular weight excluding hydrogens is 645 g/mol. The van der Waals surface area contributed by atoms with Gasteiger partial charge < -0.3 is 15.0 Å². The Labute approximate surface area is 280 Å². The van der Waals surface area contributed by atoms with Gasteiger partial charge in [-0.15, -0.1) is 0 Å². The van der Waals surface area contributed by atoms with Crippen LogP contribution in [-0.2, 0) is 32.6 Å². The van der Waals surface area contributed by atoms with Gasteiger partial charge in [0.25, 0.3) is 10.0 Å². The van der Waals surface area contributed by atoms with E-state index in [0.717, 1.165) is 15.4 Å². The summed E-state index contributed by atoms with van der Waals surface area (Å²) >= 11 is 12.7. The molecule has 0 saturated heterocycles. The maximum atomic E-state index is 14.6. The second-order valence-electron chi connectivity index (χ2n) is 10.8. The van der Waals surface area contributed by atoms with Gasteiger partial charge in [-0.3, -0.25) is 13.9 Å². The van der Waals surface area contributed by atoms with E-state index in [4.69, 9.17) is 27.9 Å². The van der Waals surface area contributed by atoms with E-state index in [-0.39, 0.29) is 35.2 Å². The van der Waals surface area contributed by atoms with Gasteiger partial charge in [0.1, 0.15) is 18.3 Å². The molecule has 0 aliphatic heterocycles. The molecule has 1 unspecified atom stereocenters. The lowest BCUT2D eigenvalue weighted by atomic mass is 10.0. The molecule has 1 N–H and O–H groups in total. The second kappa shape index (κ2) is 16.0. The quantitative estimate of drug-likeness (QED) is 0.160. The second-order valence-corrected chi connectivity index (χ2v) is 13.5. The molecule has 0 aromatic heterocycles. The summed E-state index contributed by atoms with van der Waals surface area (Å²) in [5.74, 6) is -0.714. The van der Waals surface area contributed by atoms with Crippen molar-refractivity contribution < 1.29 is 22.7 Å². The van der Waals surface area contributed by atoms with Gasteiger partial charge in [0.05, 0.1) is 17.7 Å². The lowest BCUT2D eigenvalue weighted by Crippen LogP contribution is -2.53. The lowest BCUT2D eigenvalue weighted by molar-refractivity contribution is -0.140. The fraction of sp³-hybridized carbons (Fsp3) is 0.257. The first kappa shape index (κ1) is 34.8.